The number of nitrogens with one attached hydrogen (secondary N) is 1. The van der Waals surface area contributed by atoms with E-state index in [0.29, 0.717) is 22.3 Å². The number of anilines is 1. The SMILES string of the molecule is Cc1ccc(NC(=O)N2CCSC[C@@H]2c2ccc(Cl)cc2)c(Cl)c1. The number of rotatable bonds is 2. The summed E-state index contributed by atoms with van der Waals surface area (Å²) in [6.07, 6.45) is 0. The molecule has 0 unspecified atom stereocenters. The van der Waals surface area contributed by atoms with E-state index in [1.54, 1.807) is 0 Å². The van der Waals surface area contributed by atoms with Crippen molar-refractivity contribution >= 4 is 46.7 Å². The Labute approximate surface area is 156 Å². The van der Waals surface area contributed by atoms with Gasteiger partial charge >= 0.3 is 6.03 Å². The molecule has 3 nitrogen and oxygen atoms in total. The molecule has 1 N–H and O–H groups in total. The van der Waals surface area contributed by atoms with Crippen molar-refractivity contribution < 1.29 is 4.79 Å². The molecule has 1 saturated heterocycles. The molecule has 0 bridgehead atoms. The molecule has 1 atom stereocenters. The van der Waals surface area contributed by atoms with Gasteiger partial charge in [-0.1, -0.05) is 41.4 Å². The summed E-state index contributed by atoms with van der Waals surface area (Å²) >= 11 is 14.1. The standard InChI is InChI=1S/C18H18Cl2N2OS/c1-12-2-7-16(15(20)10-12)21-18(23)22-8-9-24-11-17(22)13-3-5-14(19)6-4-13/h2-7,10,17H,8-9,11H2,1H3,(H,21,23)/t17-/m1/s1. The Morgan fingerprint density at radius 3 is 2.67 bits per heavy atom. The molecule has 2 amide bonds. The molecule has 3 rings (SSSR count). The lowest BCUT2D eigenvalue weighted by Gasteiger charge is -2.35. The average molecular weight is 381 g/mol. The zero-order valence-corrected chi connectivity index (χ0v) is 15.6. The third-order valence-corrected chi connectivity index (χ3v) is 5.60. The highest BCUT2D eigenvalue weighted by atomic mass is 35.5. The topological polar surface area (TPSA) is 32.3 Å². The minimum Gasteiger partial charge on any atom is -0.316 e. The molecule has 0 aromatic heterocycles. The van der Waals surface area contributed by atoms with E-state index in [4.69, 9.17) is 23.2 Å². The van der Waals surface area contributed by atoms with E-state index in [-0.39, 0.29) is 12.1 Å². The Hall–Kier alpha value is -1.36. The van der Waals surface area contributed by atoms with E-state index < -0.39 is 0 Å². The number of hydrogen-bond donors (Lipinski definition) is 1. The third kappa shape index (κ3) is 4.00. The molecular formula is C18H18Cl2N2OS. The normalized spacial score (nSPS) is 17.6. The maximum Gasteiger partial charge on any atom is 0.322 e. The zero-order chi connectivity index (χ0) is 17.1. The van der Waals surface area contributed by atoms with Gasteiger partial charge in [0.2, 0.25) is 0 Å². The first-order chi connectivity index (χ1) is 11.5. The first kappa shape index (κ1) is 17.5. The van der Waals surface area contributed by atoms with Gasteiger partial charge < -0.3 is 10.2 Å². The number of thioether (sulfide) groups is 1. The van der Waals surface area contributed by atoms with Gasteiger partial charge in [-0.05, 0) is 42.3 Å². The minimum atomic E-state index is -0.124. The molecular weight excluding hydrogens is 363 g/mol. The first-order valence-electron chi connectivity index (χ1n) is 7.71. The summed E-state index contributed by atoms with van der Waals surface area (Å²) in [5.41, 5.74) is 2.79. The Kier molecular flexibility index (Phi) is 5.59. The van der Waals surface area contributed by atoms with Crippen LogP contribution >= 0.6 is 35.0 Å². The summed E-state index contributed by atoms with van der Waals surface area (Å²) < 4.78 is 0. The van der Waals surface area contributed by atoms with Crippen LogP contribution in [-0.4, -0.2) is 29.0 Å². The largest absolute Gasteiger partial charge is 0.322 e. The van der Waals surface area contributed by atoms with Crippen LogP contribution in [0.25, 0.3) is 0 Å². The highest BCUT2D eigenvalue weighted by Crippen LogP contribution is 2.31. The Morgan fingerprint density at radius 2 is 1.96 bits per heavy atom. The minimum absolute atomic E-state index is 0.0326. The molecule has 2 aromatic carbocycles. The molecule has 1 aliphatic heterocycles. The number of amides is 2. The number of halogens is 2. The van der Waals surface area contributed by atoms with Crippen LogP contribution in [-0.2, 0) is 0 Å². The monoisotopic (exact) mass is 380 g/mol. The number of nitrogens with zero attached hydrogens (tertiary/aromatic N) is 1. The fourth-order valence-corrected chi connectivity index (χ4v) is 4.21. The molecule has 126 valence electrons. The molecule has 1 aliphatic rings. The van der Waals surface area contributed by atoms with Crippen LogP contribution in [0.2, 0.25) is 10.0 Å². The van der Waals surface area contributed by atoms with Gasteiger partial charge in [0.25, 0.3) is 0 Å². The van der Waals surface area contributed by atoms with Gasteiger partial charge in [-0.15, -0.1) is 0 Å². The maximum atomic E-state index is 12.8. The predicted octanol–water partition coefficient (Wildman–Crippen LogP) is 5.62. The van der Waals surface area contributed by atoms with Crippen molar-refractivity contribution in [3.05, 3.63) is 63.6 Å². The van der Waals surface area contributed by atoms with E-state index >= 15 is 0 Å². The molecule has 6 heteroatoms. The molecule has 24 heavy (non-hydrogen) atoms. The highest BCUT2D eigenvalue weighted by Gasteiger charge is 2.28. The Balaban J connectivity index is 1.79. The highest BCUT2D eigenvalue weighted by molar-refractivity contribution is 7.99. The van der Waals surface area contributed by atoms with Crippen LogP contribution in [0.3, 0.4) is 0 Å². The van der Waals surface area contributed by atoms with E-state index in [2.05, 4.69) is 5.32 Å². The molecule has 0 aliphatic carbocycles. The summed E-state index contributed by atoms with van der Waals surface area (Å²) in [6.45, 7) is 2.67. The Bertz CT molecular complexity index is 736. The second-order valence-electron chi connectivity index (χ2n) is 5.75. The van der Waals surface area contributed by atoms with E-state index in [1.165, 1.54) is 0 Å². The molecule has 0 spiro atoms. The number of urea groups is 1. The predicted molar refractivity (Wildman–Crippen MR) is 103 cm³/mol. The van der Waals surface area contributed by atoms with Crippen LogP contribution in [0.5, 0.6) is 0 Å². The van der Waals surface area contributed by atoms with Gasteiger partial charge in [0.15, 0.2) is 0 Å². The fourth-order valence-electron chi connectivity index (χ4n) is 2.72. The lowest BCUT2D eigenvalue weighted by Crippen LogP contribution is -2.43. The third-order valence-electron chi connectivity index (χ3n) is 4.01. The van der Waals surface area contributed by atoms with Crippen LogP contribution in [0.15, 0.2) is 42.5 Å². The zero-order valence-electron chi connectivity index (χ0n) is 13.3. The van der Waals surface area contributed by atoms with Crippen molar-refractivity contribution in [2.24, 2.45) is 0 Å². The summed E-state index contributed by atoms with van der Waals surface area (Å²) in [4.78, 5) is 14.6. The maximum absolute atomic E-state index is 12.8. The summed E-state index contributed by atoms with van der Waals surface area (Å²) in [7, 11) is 0. The lowest BCUT2D eigenvalue weighted by atomic mass is 10.1. The summed E-state index contributed by atoms with van der Waals surface area (Å²) in [5.74, 6) is 1.80. The molecule has 0 saturated carbocycles. The fraction of sp³-hybridized carbons (Fsp3) is 0.278. The van der Waals surface area contributed by atoms with Crippen molar-refractivity contribution in [2.45, 2.75) is 13.0 Å². The van der Waals surface area contributed by atoms with E-state index in [1.807, 2.05) is 66.1 Å². The van der Waals surface area contributed by atoms with Crippen molar-refractivity contribution in [1.29, 1.82) is 0 Å². The van der Waals surface area contributed by atoms with Gasteiger partial charge in [0, 0.05) is 23.1 Å². The Morgan fingerprint density at radius 1 is 1.21 bits per heavy atom. The first-order valence-corrected chi connectivity index (χ1v) is 9.62. The van der Waals surface area contributed by atoms with Crippen LogP contribution in [0.4, 0.5) is 10.5 Å². The summed E-state index contributed by atoms with van der Waals surface area (Å²) in [6, 6.07) is 13.2. The number of carbonyl (C=O) groups is 1. The number of carbonyl (C=O) groups excluding carboxylic acids is 1. The van der Waals surface area contributed by atoms with Gasteiger partial charge in [0.1, 0.15) is 0 Å². The second-order valence-corrected chi connectivity index (χ2v) is 7.74. The van der Waals surface area contributed by atoms with Gasteiger partial charge in [0.05, 0.1) is 16.8 Å². The van der Waals surface area contributed by atoms with Crippen molar-refractivity contribution in [2.75, 3.05) is 23.4 Å². The lowest BCUT2D eigenvalue weighted by molar-refractivity contribution is 0.196. The van der Waals surface area contributed by atoms with Gasteiger partial charge in [-0.3, -0.25) is 0 Å². The van der Waals surface area contributed by atoms with E-state index in [0.717, 1.165) is 22.6 Å². The smallest absolute Gasteiger partial charge is 0.316 e. The second kappa shape index (κ2) is 7.68. The van der Waals surface area contributed by atoms with Crippen molar-refractivity contribution in [1.82, 2.24) is 4.90 Å². The van der Waals surface area contributed by atoms with Crippen LogP contribution in [0, 0.1) is 6.92 Å². The quantitative estimate of drug-likeness (QED) is 0.732. The average Bonchev–Trinajstić information content (AvgIpc) is 2.58. The number of hydrogen-bond acceptors (Lipinski definition) is 2. The molecule has 1 heterocycles. The van der Waals surface area contributed by atoms with E-state index in [9.17, 15) is 4.79 Å². The molecule has 2 aromatic rings. The van der Waals surface area contributed by atoms with Gasteiger partial charge in [-0.25, -0.2) is 4.79 Å². The number of benzene rings is 2. The van der Waals surface area contributed by atoms with Gasteiger partial charge in [-0.2, -0.15) is 11.8 Å². The van der Waals surface area contributed by atoms with Crippen molar-refractivity contribution in [3.8, 4) is 0 Å². The van der Waals surface area contributed by atoms with Crippen LogP contribution in [0.1, 0.15) is 17.2 Å². The van der Waals surface area contributed by atoms with Crippen molar-refractivity contribution in [3.63, 3.8) is 0 Å². The molecule has 0 radical (unpaired) electrons. The summed E-state index contributed by atoms with van der Waals surface area (Å²) in [5, 5.41) is 4.19. The molecule has 1 fully saturated rings. The van der Waals surface area contributed by atoms with Crippen LogP contribution < -0.4 is 5.32 Å². The number of aryl methyl sites for hydroxylation is 1.